The summed E-state index contributed by atoms with van der Waals surface area (Å²) in [5, 5.41) is 2.75. The van der Waals surface area contributed by atoms with E-state index in [1.807, 2.05) is 38.1 Å². The Morgan fingerprint density at radius 1 is 1.06 bits per heavy atom. The minimum Gasteiger partial charge on any atom is -0.484 e. The third-order valence-corrected chi connectivity index (χ3v) is 6.10. The first-order chi connectivity index (χ1) is 15.9. The van der Waals surface area contributed by atoms with Crippen molar-refractivity contribution < 1.29 is 13.9 Å². The maximum absolute atomic E-state index is 12.9. The first kappa shape index (κ1) is 22.5. The van der Waals surface area contributed by atoms with E-state index in [0.29, 0.717) is 22.9 Å². The lowest BCUT2D eigenvalue weighted by atomic mass is 10.1. The second-order valence-electron chi connectivity index (χ2n) is 7.57. The Bertz CT molecular complexity index is 1350. The fourth-order valence-corrected chi connectivity index (χ4v) is 3.97. The molecule has 0 spiro atoms. The SMILES string of the molecule is Cc1cc2nc(CSc3ccc(NC(=O)COc4ccc(F)cc4)cc3)c(=O)[nH]c2cc1C. The predicted molar refractivity (Wildman–Crippen MR) is 128 cm³/mol. The molecule has 6 nitrogen and oxygen atoms in total. The summed E-state index contributed by atoms with van der Waals surface area (Å²) in [4.78, 5) is 32.9. The summed E-state index contributed by atoms with van der Waals surface area (Å²) in [6, 6.07) is 16.7. The number of carbonyl (C=O) groups excluding carboxylic acids is 1. The Kier molecular flexibility index (Phi) is 6.74. The zero-order valence-corrected chi connectivity index (χ0v) is 19.0. The van der Waals surface area contributed by atoms with E-state index in [0.717, 1.165) is 27.1 Å². The second-order valence-corrected chi connectivity index (χ2v) is 8.62. The fraction of sp³-hybridized carbons (Fsp3) is 0.160. The van der Waals surface area contributed by atoms with Crippen molar-refractivity contribution in [1.29, 1.82) is 0 Å². The van der Waals surface area contributed by atoms with Crippen molar-refractivity contribution in [3.8, 4) is 5.75 Å². The minimum atomic E-state index is -0.365. The van der Waals surface area contributed by atoms with Gasteiger partial charge in [0.2, 0.25) is 0 Å². The van der Waals surface area contributed by atoms with Crippen molar-refractivity contribution >= 4 is 34.4 Å². The number of halogens is 1. The quantitative estimate of drug-likeness (QED) is 0.377. The summed E-state index contributed by atoms with van der Waals surface area (Å²) >= 11 is 1.49. The van der Waals surface area contributed by atoms with Crippen molar-refractivity contribution in [2.75, 3.05) is 11.9 Å². The molecule has 3 aromatic carbocycles. The van der Waals surface area contributed by atoms with E-state index in [1.165, 1.54) is 36.0 Å². The van der Waals surface area contributed by atoms with Crippen molar-refractivity contribution in [3.63, 3.8) is 0 Å². The molecule has 4 rings (SSSR count). The normalized spacial score (nSPS) is 10.9. The summed E-state index contributed by atoms with van der Waals surface area (Å²) in [5.41, 5.74) is 4.64. The Morgan fingerprint density at radius 2 is 1.76 bits per heavy atom. The lowest BCUT2D eigenvalue weighted by molar-refractivity contribution is -0.118. The van der Waals surface area contributed by atoms with E-state index in [9.17, 15) is 14.0 Å². The molecule has 0 atom stereocenters. The largest absolute Gasteiger partial charge is 0.484 e. The van der Waals surface area contributed by atoms with E-state index in [2.05, 4.69) is 15.3 Å². The molecule has 0 aliphatic rings. The summed E-state index contributed by atoms with van der Waals surface area (Å²) in [7, 11) is 0. The van der Waals surface area contributed by atoms with Crippen LogP contribution in [-0.4, -0.2) is 22.5 Å². The third-order valence-electron chi connectivity index (χ3n) is 5.07. The van der Waals surface area contributed by atoms with Crippen LogP contribution in [0.15, 0.2) is 70.4 Å². The van der Waals surface area contributed by atoms with Gasteiger partial charge in [0.25, 0.3) is 11.5 Å². The number of aryl methyl sites for hydroxylation is 2. The number of rotatable bonds is 7. The summed E-state index contributed by atoms with van der Waals surface area (Å²) in [5.74, 6) is 0.157. The number of hydrogen-bond acceptors (Lipinski definition) is 5. The highest BCUT2D eigenvalue weighted by Crippen LogP contribution is 2.24. The number of thioether (sulfide) groups is 1. The zero-order valence-electron chi connectivity index (χ0n) is 18.1. The molecule has 1 heterocycles. The maximum atomic E-state index is 12.9. The third kappa shape index (κ3) is 5.78. The van der Waals surface area contributed by atoms with Gasteiger partial charge in [-0.2, -0.15) is 0 Å². The number of nitrogens with zero attached hydrogens (tertiary/aromatic N) is 1. The monoisotopic (exact) mass is 463 g/mol. The van der Waals surface area contributed by atoms with Gasteiger partial charge in [0.15, 0.2) is 6.61 Å². The summed E-state index contributed by atoms with van der Waals surface area (Å²) < 4.78 is 18.2. The highest BCUT2D eigenvalue weighted by Gasteiger charge is 2.08. The molecule has 0 saturated heterocycles. The van der Waals surface area contributed by atoms with Crippen LogP contribution < -0.4 is 15.6 Å². The molecule has 4 aromatic rings. The number of carbonyl (C=O) groups is 1. The molecular formula is C25H22FN3O3S. The molecule has 2 N–H and O–H groups in total. The number of fused-ring (bicyclic) bond motifs is 1. The van der Waals surface area contributed by atoms with E-state index in [4.69, 9.17) is 4.74 Å². The Balaban J connectivity index is 1.33. The zero-order chi connectivity index (χ0) is 23.4. The molecule has 0 bridgehead atoms. The number of aromatic amines is 1. The molecule has 1 amide bonds. The van der Waals surface area contributed by atoms with Crippen molar-refractivity contribution in [2.45, 2.75) is 24.5 Å². The highest BCUT2D eigenvalue weighted by atomic mass is 32.2. The number of benzene rings is 3. The Labute approximate surface area is 194 Å². The van der Waals surface area contributed by atoms with Crippen LogP contribution in [0, 0.1) is 19.7 Å². The molecule has 0 aliphatic carbocycles. The van der Waals surface area contributed by atoms with Crippen LogP contribution in [-0.2, 0) is 10.5 Å². The van der Waals surface area contributed by atoms with E-state index in [1.54, 1.807) is 12.1 Å². The van der Waals surface area contributed by atoms with Gasteiger partial charge in [-0.3, -0.25) is 9.59 Å². The van der Waals surface area contributed by atoms with Gasteiger partial charge in [0, 0.05) is 16.3 Å². The van der Waals surface area contributed by atoms with Crippen LogP contribution in [0.25, 0.3) is 11.0 Å². The predicted octanol–water partition coefficient (Wildman–Crippen LogP) is 4.99. The van der Waals surface area contributed by atoms with Gasteiger partial charge in [-0.05, 0) is 85.6 Å². The van der Waals surface area contributed by atoms with E-state index in [-0.39, 0.29) is 23.9 Å². The number of hydrogen-bond donors (Lipinski definition) is 2. The summed E-state index contributed by atoms with van der Waals surface area (Å²) in [6.07, 6.45) is 0. The van der Waals surface area contributed by atoms with Gasteiger partial charge >= 0.3 is 0 Å². The van der Waals surface area contributed by atoms with Gasteiger partial charge in [-0.15, -0.1) is 11.8 Å². The smallest absolute Gasteiger partial charge is 0.271 e. The average molecular weight is 464 g/mol. The summed E-state index contributed by atoms with van der Waals surface area (Å²) in [6.45, 7) is 3.84. The standard InChI is InChI=1S/C25H22FN3O3S/c1-15-11-21-22(12-16(15)2)29-25(31)23(28-21)14-33-20-9-5-18(6-10-20)27-24(30)13-32-19-7-3-17(26)4-8-19/h3-12H,13-14H2,1-2H3,(H,27,30)(H,29,31). The molecular weight excluding hydrogens is 441 g/mol. The number of anilines is 1. The number of aromatic nitrogens is 2. The van der Waals surface area contributed by atoms with Gasteiger partial charge in [0.1, 0.15) is 17.3 Å². The molecule has 1 aromatic heterocycles. The first-order valence-electron chi connectivity index (χ1n) is 10.3. The number of amides is 1. The molecule has 0 saturated carbocycles. The van der Waals surface area contributed by atoms with Crippen LogP contribution in [0.3, 0.4) is 0 Å². The topological polar surface area (TPSA) is 84.1 Å². The van der Waals surface area contributed by atoms with Crippen molar-refractivity contribution in [1.82, 2.24) is 9.97 Å². The minimum absolute atomic E-state index is 0.183. The average Bonchev–Trinajstić information content (AvgIpc) is 2.79. The van der Waals surface area contributed by atoms with Crippen LogP contribution in [0.1, 0.15) is 16.8 Å². The first-order valence-corrected chi connectivity index (χ1v) is 11.3. The van der Waals surface area contributed by atoms with Gasteiger partial charge < -0.3 is 15.0 Å². The maximum Gasteiger partial charge on any atom is 0.271 e. The van der Waals surface area contributed by atoms with E-state index < -0.39 is 0 Å². The molecule has 8 heteroatoms. The van der Waals surface area contributed by atoms with E-state index >= 15 is 0 Å². The number of nitrogens with one attached hydrogen (secondary N) is 2. The van der Waals surface area contributed by atoms with Crippen molar-refractivity contribution in [3.05, 3.63) is 93.7 Å². The molecule has 168 valence electrons. The van der Waals surface area contributed by atoms with Gasteiger partial charge in [-0.1, -0.05) is 0 Å². The van der Waals surface area contributed by atoms with Crippen LogP contribution in [0.2, 0.25) is 0 Å². The Morgan fingerprint density at radius 3 is 2.48 bits per heavy atom. The molecule has 0 fully saturated rings. The van der Waals surface area contributed by atoms with Crippen LogP contribution in [0.4, 0.5) is 10.1 Å². The lowest BCUT2D eigenvalue weighted by Gasteiger charge is -2.08. The van der Waals surface area contributed by atoms with Crippen LogP contribution >= 0.6 is 11.8 Å². The van der Waals surface area contributed by atoms with Crippen LogP contribution in [0.5, 0.6) is 5.75 Å². The molecule has 0 radical (unpaired) electrons. The molecule has 0 unspecified atom stereocenters. The fourth-order valence-electron chi connectivity index (χ4n) is 3.14. The number of H-pyrrole nitrogens is 1. The van der Waals surface area contributed by atoms with Crippen molar-refractivity contribution in [2.24, 2.45) is 0 Å². The molecule has 33 heavy (non-hydrogen) atoms. The van der Waals surface area contributed by atoms with Gasteiger partial charge in [0.05, 0.1) is 11.0 Å². The molecule has 0 aliphatic heterocycles. The highest BCUT2D eigenvalue weighted by molar-refractivity contribution is 7.98. The van der Waals surface area contributed by atoms with Gasteiger partial charge in [-0.25, -0.2) is 9.37 Å². The number of ether oxygens (including phenoxy) is 1. The second kappa shape index (κ2) is 9.87. The lowest BCUT2D eigenvalue weighted by Crippen LogP contribution is -2.20. The Hall–Kier alpha value is -3.65.